The van der Waals surface area contributed by atoms with Gasteiger partial charge in [-0.15, -0.1) is 0 Å². The quantitative estimate of drug-likeness (QED) is 0.517. The lowest BCUT2D eigenvalue weighted by Gasteiger charge is -2.56. The Labute approximate surface area is 178 Å². The number of aromatic nitrogens is 4. The molecule has 4 N–H and O–H groups in total. The molecule has 31 heavy (non-hydrogen) atoms. The summed E-state index contributed by atoms with van der Waals surface area (Å²) < 4.78 is 1.24. The Morgan fingerprint density at radius 1 is 1.03 bits per heavy atom. The molecule has 166 valence electrons. The number of aromatic amines is 2. The summed E-state index contributed by atoms with van der Waals surface area (Å²) in [4.78, 5) is 57.5. The first-order valence-electron chi connectivity index (χ1n) is 11.1. The van der Waals surface area contributed by atoms with Gasteiger partial charge in [-0.1, -0.05) is 0 Å². The molecular weight excluding hydrogens is 400 g/mol. The number of nitrogens with zero attached hydrogens (tertiary/aromatic N) is 2. The lowest BCUT2D eigenvalue weighted by Crippen LogP contribution is -2.50. The van der Waals surface area contributed by atoms with Crippen molar-refractivity contribution < 1.29 is 9.59 Å². The van der Waals surface area contributed by atoms with E-state index in [4.69, 9.17) is 0 Å². The average molecular weight is 428 g/mol. The fraction of sp³-hybridized carbons (Fsp3) is 0.667. The van der Waals surface area contributed by atoms with Gasteiger partial charge in [0.1, 0.15) is 11.3 Å². The summed E-state index contributed by atoms with van der Waals surface area (Å²) in [6, 6.07) is 0. The number of rotatable bonds is 5. The van der Waals surface area contributed by atoms with Gasteiger partial charge >= 0.3 is 5.69 Å². The predicted molar refractivity (Wildman–Crippen MR) is 112 cm³/mol. The molecule has 0 unspecified atom stereocenters. The number of amides is 2. The summed E-state index contributed by atoms with van der Waals surface area (Å²) in [5, 5.41) is 0. The molecule has 2 amide bonds. The number of fused-ring (bicyclic) bond motifs is 1. The van der Waals surface area contributed by atoms with Crippen LogP contribution in [0.5, 0.6) is 0 Å². The van der Waals surface area contributed by atoms with E-state index in [2.05, 4.69) is 25.8 Å². The number of H-pyrrole nitrogens is 2. The molecule has 4 bridgehead atoms. The van der Waals surface area contributed by atoms with E-state index in [-0.39, 0.29) is 41.2 Å². The highest BCUT2D eigenvalue weighted by Crippen LogP contribution is 2.61. The van der Waals surface area contributed by atoms with Crippen molar-refractivity contribution in [2.75, 3.05) is 0 Å². The zero-order valence-corrected chi connectivity index (χ0v) is 17.6. The number of nitrogens with one attached hydrogen (secondary N) is 4. The van der Waals surface area contributed by atoms with Crippen LogP contribution in [0.15, 0.2) is 9.59 Å². The molecule has 4 fully saturated rings. The van der Waals surface area contributed by atoms with Crippen molar-refractivity contribution in [1.82, 2.24) is 30.4 Å². The zero-order chi connectivity index (χ0) is 21.8. The standard InChI is InChI=1S/C21H28N6O4/c1-27-18-17(19(30)24-20(27)31)22-14(23-18)2-3-15(28)25-26-16(29)10-21-7-11-4-12(8-21)6-13(5-11)9-21/h11-13H,2-10H2,1H3,(H,22,23)(H,25,28)(H,26,29)(H,24,30,31). The highest BCUT2D eigenvalue weighted by Gasteiger charge is 2.51. The number of hydrogen-bond donors (Lipinski definition) is 4. The topological polar surface area (TPSA) is 142 Å². The molecule has 0 radical (unpaired) electrons. The molecule has 10 heteroatoms. The van der Waals surface area contributed by atoms with Crippen molar-refractivity contribution in [3.05, 3.63) is 26.7 Å². The molecule has 0 aliphatic heterocycles. The van der Waals surface area contributed by atoms with Gasteiger partial charge in [-0.3, -0.25) is 34.8 Å². The van der Waals surface area contributed by atoms with Gasteiger partial charge in [-0.2, -0.15) is 0 Å². The molecule has 4 aliphatic rings. The molecule has 2 heterocycles. The monoisotopic (exact) mass is 428 g/mol. The Hall–Kier alpha value is -2.91. The van der Waals surface area contributed by atoms with Gasteiger partial charge < -0.3 is 4.98 Å². The molecule has 4 saturated carbocycles. The maximum Gasteiger partial charge on any atom is 0.329 e. The minimum Gasteiger partial charge on any atom is -0.336 e. The number of hydrazine groups is 1. The molecule has 2 aromatic heterocycles. The largest absolute Gasteiger partial charge is 0.336 e. The van der Waals surface area contributed by atoms with Crippen LogP contribution in [-0.4, -0.2) is 31.3 Å². The first-order valence-corrected chi connectivity index (χ1v) is 11.1. The smallest absolute Gasteiger partial charge is 0.329 e. The maximum absolute atomic E-state index is 12.5. The molecule has 0 spiro atoms. The number of hydrogen-bond acceptors (Lipinski definition) is 5. The Morgan fingerprint density at radius 3 is 2.29 bits per heavy atom. The van der Waals surface area contributed by atoms with E-state index in [0.29, 0.717) is 12.2 Å². The number of carbonyl (C=O) groups is 2. The van der Waals surface area contributed by atoms with Crippen LogP contribution in [0.1, 0.15) is 57.2 Å². The molecule has 6 rings (SSSR count). The first-order chi connectivity index (χ1) is 14.8. The molecule has 4 aliphatic carbocycles. The van der Waals surface area contributed by atoms with Crippen LogP contribution in [0.4, 0.5) is 0 Å². The molecule has 0 atom stereocenters. The van der Waals surface area contributed by atoms with Gasteiger partial charge in [0, 0.05) is 26.3 Å². The summed E-state index contributed by atoms with van der Waals surface area (Å²) in [5.74, 6) is 2.32. The third-order valence-electron chi connectivity index (χ3n) is 7.43. The van der Waals surface area contributed by atoms with Crippen LogP contribution in [0, 0.1) is 23.2 Å². The van der Waals surface area contributed by atoms with E-state index in [0.717, 1.165) is 37.0 Å². The summed E-state index contributed by atoms with van der Waals surface area (Å²) in [6.07, 6.45) is 8.26. The lowest BCUT2D eigenvalue weighted by molar-refractivity contribution is -0.134. The van der Waals surface area contributed by atoms with E-state index in [1.807, 2.05) is 0 Å². The Morgan fingerprint density at radius 2 is 1.65 bits per heavy atom. The van der Waals surface area contributed by atoms with Crippen molar-refractivity contribution in [3.63, 3.8) is 0 Å². The van der Waals surface area contributed by atoms with Crippen molar-refractivity contribution >= 4 is 23.0 Å². The van der Waals surface area contributed by atoms with Crippen LogP contribution >= 0.6 is 0 Å². The van der Waals surface area contributed by atoms with Crippen LogP contribution in [0.3, 0.4) is 0 Å². The summed E-state index contributed by atoms with van der Waals surface area (Å²) in [7, 11) is 1.51. The van der Waals surface area contributed by atoms with Gasteiger partial charge in [0.2, 0.25) is 11.8 Å². The maximum atomic E-state index is 12.5. The van der Waals surface area contributed by atoms with E-state index in [1.165, 1.54) is 30.9 Å². The second-order valence-electron chi connectivity index (χ2n) is 9.89. The van der Waals surface area contributed by atoms with E-state index in [1.54, 1.807) is 0 Å². The minimum atomic E-state index is -0.546. The summed E-state index contributed by atoms with van der Waals surface area (Å²) in [5.41, 5.74) is 4.55. The van der Waals surface area contributed by atoms with Gasteiger partial charge in [0.15, 0.2) is 5.65 Å². The van der Waals surface area contributed by atoms with Gasteiger partial charge in [0.05, 0.1) is 0 Å². The van der Waals surface area contributed by atoms with Crippen LogP contribution in [0.25, 0.3) is 11.2 Å². The number of carbonyl (C=O) groups excluding carboxylic acids is 2. The summed E-state index contributed by atoms with van der Waals surface area (Å²) >= 11 is 0. The molecule has 0 saturated heterocycles. The average Bonchev–Trinajstić information content (AvgIpc) is 3.13. The fourth-order valence-corrected chi connectivity index (χ4v) is 6.60. The van der Waals surface area contributed by atoms with E-state index < -0.39 is 11.2 Å². The van der Waals surface area contributed by atoms with Crippen molar-refractivity contribution in [1.29, 1.82) is 0 Å². The van der Waals surface area contributed by atoms with Gasteiger partial charge in [0.25, 0.3) is 5.56 Å². The second-order valence-corrected chi connectivity index (χ2v) is 9.89. The minimum absolute atomic E-state index is 0.0866. The highest BCUT2D eigenvalue weighted by molar-refractivity contribution is 5.82. The highest BCUT2D eigenvalue weighted by atomic mass is 16.2. The van der Waals surface area contributed by atoms with Crippen molar-refractivity contribution in [2.45, 2.75) is 57.8 Å². The van der Waals surface area contributed by atoms with Gasteiger partial charge in [-0.05, 0) is 61.7 Å². The number of imidazole rings is 1. The molecule has 10 nitrogen and oxygen atoms in total. The summed E-state index contributed by atoms with van der Waals surface area (Å²) in [6.45, 7) is 0. The van der Waals surface area contributed by atoms with Gasteiger partial charge in [-0.25, -0.2) is 9.78 Å². The fourth-order valence-electron chi connectivity index (χ4n) is 6.60. The van der Waals surface area contributed by atoms with Crippen LogP contribution in [0.2, 0.25) is 0 Å². The predicted octanol–water partition coefficient (Wildman–Crippen LogP) is 0.636. The lowest BCUT2D eigenvalue weighted by atomic mass is 9.49. The second kappa shape index (κ2) is 7.35. The first kappa shape index (κ1) is 20.0. The number of aryl methyl sites for hydroxylation is 2. The van der Waals surface area contributed by atoms with E-state index >= 15 is 0 Å². The molecule has 2 aromatic rings. The molecular formula is C21H28N6O4. The molecule has 0 aromatic carbocycles. The van der Waals surface area contributed by atoms with E-state index in [9.17, 15) is 19.2 Å². The zero-order valence-electron chi connectivity index (χ0n) is 17.6. The third kappa shape index (κ3) is 3.79. The van der Waals surface area contributed by atoms with Crippen molar-refractivity contribution in [2.24, 2.45) is 30.2 Å². The third-order valence-corrected chi connectivity index (χ3v) is 7.43. The van der Waals surface area contributed by atoms with Crippen LogP contribution < -0.4 is 22.1 Å². The Balaban J connectivity index is 1.13. The van der Waals surface area contributed by atoms with Crippen LogP contribution in [-0.2, 0) is 23.1 Å². The SMILES string of the molecule is Cn1c(=O)[nH]c(=O)c2[nH]c(CCC(=O)NNC(=O)CC34CC5CC(CC(C5)C3)C4)nc21. The Bertz CT molecular complexity index is 1120. The van der Waals surface area contributed by atoms with Crippen molar-refractivity contribution in [3.8, 4) is 0 Å². The Kier molecular flexibility index (Phi) is 4.75. The normalized spacial score (nSPS) is 28.7.